The quantitative estimate of drug-likeness (QED) is 0.750. The molecule has 0 rings (SSSR count). The Morgan fingerprint density at radius 3 is 2.17 bits per heavy atom. The molecule has 0 heterocycles. The zero-order chi connectivity index (χ0) is 14.5. The standard InChI is InChI=1S/C12H22N2O4/c1-8(10(16)17)14(5)9(15)6-7-13-11(18)12(2,3)4/h8H,6-7H2,1-5H3,(H,13,18)(H,16,17). The maximum absolute atomic E-state index is 11.6. The molecule has 18 heavy (non-hydrogen) atoms. The van der Waals surface area contributed by atoms with Crippen molar-refractivity contribution in [2.75, 3.05) is 13.6 Å². The number of carboxylic acid groups (broad SMARTS) is 1. The molecule has 0 radical (unpaired) electrons. The summed E-state index contributed by atoms with van der Waals surface area (Å²) in [6.07, 6.45) is 0.0932. The van der Waals surface area contributed by atoms with Crippen molar-refractivity contribution >= 4 is 17.8 Å². The van der Waals surface area contributed by atoms with Gasteiger partial charge in [-0.15, -0.1) is 0 Å². The van der Waals surface area contributed by atoms with Crippen molar-refractivity contribution in [2.24, 2.45) is 5.41 Å². The largest absolute Gasteiger partial charge is 0.480 e. The first-order valence-electron chi connectivity index (χ1n) is 5.84. The highest BCUT2D eigenvalue weighted by atomic mass is 16.4. The molecule has 0 aliphatic carbocycles. The average molecular weight is 258 g/mol. The fraction of sp³-hybridized carbons (Fsp3) is 0.750. The summed E-state index contributed by atoms with van der Waals surface area (Å²) in [5.41, 5.74) is -0.497. The van der Waals surface area contributed by atoms with Crippen molar-refractivity contribution in [3.8, 4) is 0 Å². The minimum absolute atomic E-state index is 0.0932. The van der Waals surface area contributed by atoms with Crippen LogP contribution in [-0.2, 0) is 14.4 Å². The van der Waals surface area contributed by atoms with E-state index >= 15 is 0 Å². The highest BCUT2D eigenvalue weighted by Crippen LogP contribution is 2.12. The third-order valence-electron chi connectivity index (χ3n) is 2.64. The molecule has 0 saturated carbocycles. The zero-order valence-electron chi connectivity index (χ0n) is 11.6. The molecule has 104 valence electrons. The molecule has 0 bridgehead atoms. The van der Waals surface area contributed by atoms with Crippen LogP contribution >= 0.6 is 0 Å². The molecule has 1 atom stereocenters. The smallest absolute Gasteiger partial charge is 0.326 e. The van der Waals surface area contributed by atoms with Gasteiger partial charge < -0.3 is 15.3 Å². The van der Waals surface area contributed by atoms with E-state index in [0.717, 1.165) is 4.90 Å². The Morgan fingerprint density at radius 1 is 1.28 bits per heavy atom. The number of nitrogens with zero attached hydrogens (tertiary/aromatic N) is 1. The minimum Gasteiger partial charge on any atom is -0.480 e. The molecule has 0 aliphatic rings. The highest BCUT2D eigenvalue weighted by Gasteiger charge is 2.23. The lowest BCUT2D eigenvalue weighted by molar-refractivity contribution is -0.148. The van der Waals surface area contributed by atoms with Gasteiger partial charge in [0, 0.05) is 25.4 Å². The van der Waals surface area contributed by atoms with Crippen LogP contribution < -0.4 is 5.32 Å². The van der Waals surface area contributed by atoms with Crippen LogP contribution in [0.5, 0.6) is 0 Å². The summed E-state index contributed by atoms with van der Waals surface area (Å²) in [7, 11) is 1.44. The molecule has 0 saturated heterocycles. The number of carboxylic acids is 1. The second-order valence-corrected chi connectivity index (χ2v) is 5.27. The van der Waals surface area contributed by atoms with Crippen molar-refractivity contribution < 1.29 is 19.5 Å². The van der Waals surface area contributed by atoms with Crippen LogP contribution in [0.2, 0.25) is 0 Å². The first kappa shape index (κ1) is 16.4. The second kappa shape index (κ2) is 6.37. The first-order chi connectivity index (χ1) is 8.07. The van der Waals surface area contributed by atoms with Gasteiger partial charge in [0.2, 0.25) is 11.8 Å². The van der Waals surface area contributed by atoms with E-state index in [9.17, 15) is 14.4 Å². The van der Waals surface area contributed by atoms with Gasteiger partial charge in [-0.2, -0.15) is 0 Å². The lowest BCUT2D eigenvalue weighted by Gasteiger charge is -2.22. The van der Waals surface area contributed by atoms with Crippen LogP contribution in [0, 0.1) is 5.41 Å². The Labute approximate surface area is 107 Å². The lowest BCUT2D eigenvalue weighted by atomic mass is 9.96. The monoisotopic (exact) mass is 258 g/mol. The molecule has 2 amide bonds. The molecular formula is C12H22N2O4. The number of aliphatic carboxylic acids is 1. The summed E-state index contributed by atoms with van der Waals surface area (Å²) in [6, 6.07) is -0.865. The van der Waals surface area contributed by atoms with Gasteiger partial charge in [0.15, 0.2) is 0 Å². The van der Waals surface area contributed by atoms with Gasteiger partial charge >= 0.3 is 5.97 Å². The number of hydrogen-bond donors (Lipinski definition) is 2. The molecule has 0 aliphatic heterocycles. The van der Waals surface area contributed by atoms with E-state index < -0.39 is 17.4 Å². The van der Waals surface area contributed by atoms with Crippen LogP contribution in [0.25, 0.3) is 0 Å². The Bertz CT molecular complexity index is 333. The zero-order valence-corrected chi connectivity index (χ0v) is 11.6. The van der Waals surface area contributed by atoms with E-state index in [2.05, 4.69) is 5.32 Å². The maximum atomic E-state index is 11.6. The van der Waals surface area contributed by atoms with E-state index in [-0.39, 0.29) is 24.8 Å². The minimum atomic E-state index is -1.05. The number of rotatable bonds is 5. The fourth-order valence-electron chi connectivity index (χ4n) is 1.11. The second-order valence-electron chi connectivity index (χ2n) is 5.27. The number of carbonyl (C=O) groups is 3. The topological polar surface area (TPSA) is 86.7 Å². The molecule has 0 aromatic rings. The van der Waals surface area contributed by atoms with Crippen molar-refractivity contribution in [3.63, 3.8) is 0 Å². The molecule has 6 heteroatoms. The number of hydrogen-bond acceptors (Lipinski definition) is 3. The number of nitrogens with one attached hydrogen (secondary N) is 1. The third kappa shape index (κ3) is 5.16. The van der Waals surface area contributed by atoms with E-state index in [1.54, 1.807) is 20.8 Å². The number of carbonyl (C=O) groups excluding carboxylic acids is 2. The van der Waals surface area contributed by atoms with Crippen molar-refractivity contribution in [1.82, 2.24) is 10.2 Å². The molecule has 0 aromatic carbocycles. The maximum Gasteiger partial charge on any atom is 0.326 e. The summed E-state index contributed by atoms with van der Waals surface area (Å²) < 4.78 is 0. The summed E-state index contributed by atoms with van der Waals surface area (Å²) in [5.74, 6) is -1.49. The highest BCUT2D eigenvalue weighted by molar-refractivity contribution is 5.84. The molecule has 0 fully saturated rings. The van der Waals surface area contributed by atoms with Crippen LogP contribution in [-0.4, -0.2) is 47.4 Å². The first-order valence-corrected chi connectivity index (χ1v) is 5.84. The molecule has 0 aromatic heterocycles. The van der Waals surface area contributed by atoms with E-state index in [1.165, 1.54) is 14.0 Å². The van der Waals surface area contributed by atoms with Gasteiger partial charge in [-0.3, -0.25) is 9.59 Å². The van der Waals surface area contributed by atoms with Crippen LogP contribution in [0.4, 0.5) is 0 Å². The summed E-state index contributed by atoms with van der Waals surface area (Å²) in [5, 5.41) is 11.4. The SMILES string of the molecule is CC(C(=O)O)N(C)C(=O)CCNC(=O)C(C)(C)C. The lowest BCUT2D eigenvalue weighted by Crippen LogP contribution is -2.42. The van der Waals surface area contributed by atoms with Gasteiger partial charge in [-0.25, -0.2) is 4.79 Å². The Kier molecular flexibility index (Phi) is 5.81. The van der Waals surface area contributed by atoms with Gasteiger partial charge in [-0.05, 0) is 6.92 Å². The van der Waals surface area contributed by atoms with Gasteiger partial charge in [0.1, 0.15) is 6.04 Å². The van der Waals surface area contributed by atoms with Crippen LogP contribution in [0.1, 0.15) is 34.1 Å². The van der Waals surface area contributed by atoms with Crippen molar-refractivity contribution in [1.29, 1.82) is 0 Å². The molecule has 1 unspecified atom stereocenters. The third-order valence-corrected chi connectivity index (χ3v) is 2.64. The van der Waals surface area contributed by atoms with E-state index in [0.29, 0.717) is 0 Å². The van der Waals surface area contributed by atoms with Crippen molar-refractivity contribution in [3.05, 3.63) is 0 Å². The predicted molar refractivity (Wildman–Crippen MR) is 66.9 cm³/mol. The molecule has 2 N–H and O–H groups in total. The van der Waals surface area contributed by atoms with Gasteiger partial charge in [0.25, 0.3) is 0 Å². The van der Waals surface area contributed by atoms with Crippen LogP contribution in [0.3, 0.4) is 0 Å². The normalized spacial score (nSPS) is 12.7. The summed E-state index contributed by atoms with van der Waals surface area (Å²) in [6.45, 7) is 6.99. The molecule has 6 nitrogen and oxygen atoms in total. The van der Waals surface area contributed by atoms with Crippen LogP contribution in [0.15, 0.2) is 0 Å². The van der Waals surface area contributed by atoms with Gasteiger partial charge in [0.05, 0.1) is 0 Å². The fourth-order valence-corrected chi connectivity index (χ4v) is 1.11. The molecule has 0 spiro atoms. The van der Waals surface area contributed by atoms with E-state index in [1.807, 2.05) is 0 Å². The van der Waals surface area contributed by atoms with E-state index in [4.69, 9.17) is 5.11 Å². The number of likely N-dealkylation sites (N-methyl/N-ethyl adjacent to an activating group) is 1. The van der Waals surface area contributed by atoms with Gasteiger partial charge in [-0.1, -0.05) is 20.8 Å². The predicted octanol–water partition coefficient (Wildman–Crippen LogP) is 0.470. The van der Waals surface area contributed by atoms with Crippen molar-refractivity contribution in [2.45, 2.75) is 40.2 Å². The number of amides is 2. The Hall–Kier alpha value is -1.59. The summed E-state index contributed by atoms with van der Waals surface area (Å²) >= 11 is 0. The summed E-state index contributed by atoms with van der Waals surface area (Å²) in [4.78, 5) is 35.0. The molecular weight excluding hydrogens is 236 g/mol. The Morgan fingerprint density at radius 2 is 1.78 bits per heavy atom. The Balaban J connectivity index is 4.13. The average Bonchev–Trinajstić information content (AvgIpc) is 2.25.